The van der Waals surface area contributed by atoms with Gasteiger partial charge in [0.15, 0.2) is 0 Å². The minimum absolute atomic E-state index is 0.0934. The first-order chi connectivity index (χ1) is 13.4. The molecule has 0 heterocycles. The summed E-state index contributed by atoms with van der Waals surface area (Å²) in [6, 6.07) is 17.8. The van der Waals surface area contributed by atoms with Crippen molar-refractivity contribution < 1.29 is 24.6 Å². The first-order valence-corrected chi connectivity index (χ1v) is 7.83. The van der Waals surface area contributed by atoms with Crippen LogP contribution in [0, 0.1) is 22.7 Å². The zero-order valence-electron chi connectivity index (χ0n) is 14.3. The van der Waals surface area contributed by atoms with Crippen molar-refractivity contribution >= 4 is 28.9 Å². The van der Waals surface area contributed by atoms with Crippen molar-refractivity contribution in [3.8, 4) is 12.1 Å². The molecule has 0 atom stereocenters. The number of aliphatic hydroxyl groups excluding tert-OH is 2. The Labute approximate surface area is 159 Å². The summed E-state index contributed by atoms with van der Waals surface area (Å²) in [5, 5.41) is 38.5. The van der Waals surface area contributed by atoms with Gasteiger partial charge >= 0.3 is 0 Å². The highest BCUT2D eigenvalue weighted by atomic mass is 16.3. The topological polar surface area (TPSA) is 139 Å². The van der Waals surface area contributed by atoms with Crippen molar-refractivity contribution in [1.29, 1.82) is 10.5 Å². The number of aliphatic hydroxyl groups is 2. The highest BCUT2D eigenvalue weighted by molar-refractivity contribution is 6.71. The van der Waals surface area contributed by atoms with Crippen LogP contribution >= 0.6 is 0 Å². The zero-order chi connectivity index (χ0) is 20.7. The molecule has 0 saturated heterocycles. The molecular weight excluding hydrogens is 360 g/mol. The van der Waals surface area contributed by atoms with E-state index in [9.17, 15) is 24.6 Å². The van der Waals surface area contributed by atoms with E-state index in [0.717, 1.165) is 0 Å². The fourth-order valence-corrected chi connectivity index (χ4v) is 2.23. The standard InChI is InChI=1S/C21H12N2O5/c22-11-15(17(24)13-7-3-1-4-8-13)19(26)21(28)20(27)16(12-23)18(25)14-9-5-2-6-10-14/h1-10,24-25H/b17-15-,18-16-. The Balaban J connectivity index is 2.44. The van der Waals surface area contributed by atoms with Crippen LogP contribution in [0.5, 0.6) is 0 Å². The summed E-state index contributed by atoms with van der Waals surface area (Å²) >= 11 is 0. The molecule has 0 radical (unpaired) electrons. The fourth-order valence-electron chi connectivity index (χ4n) is 2.23. The number of hydrogen-bond acceptors (Lipinski definition) is 7. The first kappa shape index (κ1) is 19.8. The summed E-state index contributed by atoms with van der Waals surface area (Å²) in [7, 11) is 0. The van der Waals surface area contributed by atoms with Gasteiger partial charge < -0.3 is 10.2 Å². The lowest BCUT2D eigenvalue weighted by molar-refractivity contribution is -0.140. The number of ketones is 3. The maximum Gasteiger partial charge on any atom is 0.275 e. The fraction of sp³-hybridized carbons (Fsp3) is 0. The molecule has 2 aromatic rings. The van der Waals surface area contributed by atoms with Gasteiger partial charge in [-0.2, -0.15) is 10.5 Å². The largest absolute Gasteiger partial charge is 0.506 e. The van der Waals surface area contributed by atoms with Gasteiger partial charge in [0.25, 0.3) is 17.3 Å². The minimum atomic E-state index is -1.72. The first-order valence-electron chi connectivity index (χ1n) is 7.83. The summed E-state index contributed by atoms with van der Waals surface area (Å²) in [5.41, 5.74) is -1.70. The molecule has 0 unspecified atom stereocenters. The van der Waals surface area contributed by atoms with Crippen LogP contribution in [0.2, 0.25) is 0 Å². The van der Waals surface area contributed by atoms with Crippen LogP contribution in [0.25, 0.3) is 11.5 Å². The maximum absolute atomic E-state index is 12.3. The van der Waals surface area contributed by atoms with Crippen LogP contribution in [0.15, 0.2) is 71.8 Å². The number of carbonyl (C=O) groups is 3. The smallest absolute Gasteiger partial charge is 0.275 e. The van der Waals surface area contributed by atoms with Crippen molar-refractivity contribution in [3.63, 3.8) is 0 Å². The van der Waals surface area contributed by atoms with Crippen molar-refractivity contribution in [3.05, 3.63) is 82.9 Å². The zero-order valence-corrected chi connectivity index (χ0v) is 14.3. The molecule has 28 heavy (non-hydrogen) atoms. The molecule has 7 heteroatoms. The predicted octanol–water partition coefficient (Wildman–Crippen LogP) is 2.68. The second kappa shape index (κ2) is 8.75. The van der Waals surface area contributed by atoms with Gasteiger partial charge in [-0.05, 0) is 0 Å². The van der Waals surface area contributed by atoms with E-state index in [0.29, 0.717) is 0 Å². The monoisotopic (exact) mass is 372 g/mol. The Morgan fingerprint density at radius 1 is 0.607 bits per heavy atom. The van der Waals surface area contributed by atoms with Crippen LogP contribution in [0.4, 0.5) is 0 Å². The van der Waals surface area contributed by atoms with E-state index in [1.165, 1.54) is 60.7 Å². The number of rotatable bonds is 6. The van der Waals surface area contributed by atoms with E-state index >= 15 is 0 Å². The SMILES string of the molecule is N#C/C(C(=O)C(=O)C(=O)/C(C#N)=C(\O)c1ccccc1)=C(/O)c1ccccc1. The number of nitrogens with zero attached hydrogens (tertiary/aromatic N) is 2. The second-order valence-electron chi connectivity index (χ2n) is 5.39. The van der Waals surface area contributed by atoms with Gasteiger partial charge in [0, 0.05) is 11.1 Å². The summed E-state index contributed by atoms with van der Waals surface area (Å²) in [6.07, 6.45) is 0. The average molecular weight is 372 g/mol. The van der Waals surface area contributed by atoms with Crippen LogP contribution in [0.1, 0.15) is 11.1 Å². The van der Waals surface area contributed by atoms with E-state index < -0.39 is 40.0 Å². The van der Waals surface area contributed by atoms with Gasteiger partial charge in [-0.25, -0.2) is 0 Å². The van der Waals surface area contributed by atoms with Crippen molar-refractivity contribution in [2.24, 2.45) is 0 Å². The molecule has 0 spiro atoms. The molecule has 2 N–H and O–H groups in total. The molecule has 2 aromatic carbocycles. The maximum atomic E-state index is 12.3. The molecule has 0 bridgehead atoms. The van der Waals surface area contributed by atoms with Crippen LogP contribution in [0.3, 0.4) is 0 Å². The highest BCUT2D eigenvalue weighted by Crippen LogP contribution is 2.19. The summed E-state index contributed by atoms with van der Waals surface area (Å²) in [6.45, 7) is 0. The molecule has 0 saturated carbocycles. The predicted molar refractivity (Wildman–Crippen MR) is 98.2 cm³/mol. The Bertz CT molecular complexity index is 998. The number of hydrogen-bond donors (Lipinski definition) is 2. The van der Waals surface area contributed by atoms with Gasteiger partial charge in [-0.3, -0.25) is 14.4 Å². The minimum Gasteiger partial charge on any atom is -0.506 e. The van der Waals surface area contributed by atoms with Gasteiger partial charge in [0.2, 0.25) is 0 Å². The molecule has 0 aliphatic carbocycles. The normalized spacial score (nSPS) is 11.9. The second-order valence-corrected chi connectivity index (χ2v) is 5.39. The third-order valence-corrected chi connectivity index (χ3v) is 3.66. The third-order valence-electron chi connectivity index (χ3n) is 3.66. The van der Waals surface area contributed by atoms with Gasteiger partial charge in [-0.1, -0.05) is 60.7 Å². The Kier molecular flexibility index (Phi) is 6.19. The number of allylic oxidation sites excluding steroid dienone is 2. The molecule has 2 rings (SSSR count). The van der Waals surface area contributed by atoms with Gasteiger partial charge in [0.05, 0.1) is 0 Å². The third kappa shape index (κ3) is 4.01. The summed E-state index contributed by atoms with van der Waals surface area (Å²) in [4.78, 5) is 36.8. The lowest BCUT2D eigenvalue weighted by atomic mass is 9.97. The number of Topliss-reactive ketones (excluding diaryl/α,β-unsaturated/α-hetero) is 3. The van der Waals surface area contributed by atoms with E-state index in [-0.39, 0.29) is 11.1 Å². The summed E-state index contributed by atoms with van der Waals surface area (Å²) in [5.74, 6) is -6.43. The quantitative estimate of drug-likeness (QED) is 0.261. The molecule has 0 aliphatic heterocycles. The summed E-state index contributed by atoms with van der Waals surface area (Å²) < 4.78 is 0. The lowest BCUT2D eigenvalue weighted by Crippen LogP contribution is -2.27. The number of carbonyl (C=O) groups excluding carboxylic acids is 3. The lowest BCUT2D eigenvalue weighted by Gasteiger charge is -2.05. The van der Waals surface area contributed by atoms with Crippen LogP contribution in [-0.2, 0) is 14.4 Å². The number of nitriles is 2. The molecule has 7 nitrogen and oxygen atoms in total. The van der Waals surface area contributed by atoms with Gasteiger partial charge in [-0.15, -0.1) is 0 Å². The van der Waals surface area contributed by atoms with Gasteiger partial charge in [0.1, 0.15) is 34.8 Å². The molecule has 0 amide bonds. The van der Waals surface area contributed by atoms with E-state index in [1.54, 1.807) is 12.1 Å². The van der Waals surface area contributed by atoms with Crippen LogP contribution < -0.4 is 0 Å². The average Bonchev–Trinajstić information content (AvgIpc) is 2.75. The van der Waals surface area contributed by atoms with Crippen molar-refractivity contribution in [1.82, 2.24) is 0 Å². The Morgan fingerprint density at radius 3 is 1.21 bits per heavy atom. The highest BCUT2D eigenvalue weighted by Gasteiger charge is 2.33. The van der Waals surface area contributed by atoms with Crippen LogP contribution in [-0.4, -0.2) is 27.6 Å². The molecule has 0 aromatic heterocycles. The Morgan fingerprint density at radius 2 is 0.929 bits per heavy atom. The molecular formula is C21H12N2O5. The molecule has 136 valence electrons. The van der Waals surface area contributed by atoms with Crippen molar-refractivity contribution in [2.75, 3.05) is 0 Å². The molecule has 0 fully saturated rings. The van der Waals surface area contributed by atoms with E-state index in [4.69, 9.17) is 10.5 Å². The van der Waals surface area contributed by atoms with E-state index in [1.807, 2.05) is 0 Å². The number of benzene rings is 2. The van der Waals surface area contributed by atoms with E-state index in [2.05, 4.69) is 0 Å². The van der Waals surface area contributed by atoms with Crippen molar-refractivity contribution in [2.45, 2.75) is 0 Å². The molecule has 0 aliphatic rings. The Hall–Kier alpha value is -4.49.